The van der Waals surface area contributed by atoms with Crippen molar-refractivity contribution in [2.24, 2.45) is 0 Å². The highest BCUT2D eigenvalue weighted by molar-refractivity contribution is 7.98. The van der Waals surface area contributed by atoms with E-state index < -0.39 is 5.97 Å². The summed E-state index contributed by atoms with van der Waals surface area (Å²) in [5, 5.41) is 9.62. The van der Waals surface area contributed by atoms with Gasteiger partial charge in [0, 0.05) is 15.7 Å². The van der Waals surface area contributed by atoms with Crippen LogP contribution in [0.2, 0.25) is 10.0 Å². The van der Waals surface area contributed by atoms with Crippen LogP contribution in [0.25, 0.3) is 0 Å². The SMILES string of the molecule is O=C(O)c1cc(SCc2cc(Cl)ccc2F)ccc1Cl. The van der Waals surface area contributed by atoms with Crippen LogP contribution in [0.5, 0.6) is 0 Å². The Morgan fingerprint density at radius 3 is 2.65 bits per heavy atom. The van der Waals surface area contributed by atoms with Crippen molar-refractivity contribution in [2.75, 3.05) is 0 Å². The van der Waals surface area contributed by atoms with Gasteiger partial charge >= 0.3 is 5.97 Å². The van der Waals surface area contributed by atoms with Gasteiger partial charge < -0.3 is 5.11 Å². The molecule has 104 valence electrons. The summed E-state index contributed by atoms with van der Waals surface area (Å²) in [7, 11) is 0. The molecule has 0 saturated heterocycles. The van der Waals surface area contributed by atoms with Crippen molar-refractivity contribution in [3.8, 4) is 0 Å². The smallest absolute Gasteiger partial charge is 0.337 e. The Bertz CT molecular complexity index is 662. The molecule has 0 saturated carbocycles. The standard InChI is InChI=1S/C14H9Cl2FO2S/c15-9-1-4-13(17)8(5-9)7-20-10-2-3-12(16)11(6-10)14(18)19/h1-6H,7H2,(H,18,19). The monoisotopic (exact) mass is 330 g/mol. The average molecular weight is 331 g/mol. The number of carboxylic acids is 1. The highest BCUT2D eigenvalue weighted by atomic mass is 35.5. The highest BCUT2D eigenvalue weighted by Crippen LogP contribution is 2.28. The quantitative estimate of drug-likeness (QED) is 0.790. The zero-order valence-corrected chi connectivity index (χ0v) is 12.4. The summed E-state index contributed by atoms with van der Waals surface area (Å²) in [6.07, 6.45) is 0. The number of carboxylic acid groups (broad SMARTS) is 1. The number of rotatable bonds is 4. The van der Waals surface area contributed by atoms with Crippen molar-refractivity contribution in [1.29, 1.82) is 0 Å². The van der Waals surface area contributed by atoms with Gasteiger partial charge in [0.25, 0.3) is 0 Å². The Morgan fingerprint density at radius 2 is 1.95 bits per heavy atom. The minimum Gasteiger partial charge on any atom is -0.478 e. The van der Waals surface area contributed by atoms with Gasteiger partial charge in [0.15, 0.2) is 0 Å². The van der Waals surface area contributed by atoms with E-state index in [9.17, 15) is 9.18 Å². The molecule has 0 aromatic heterocycles. The molecule has 2 nitrogen and oxygen atoms in total. The summed E-state index contributed by atoms with van der Waals surface area (Å²) in [5.41, 5.74) is 0.498. The van der Waals surface area contributed by atoms with Crippen molar-refractivity contribution in [2.45, 2.75) is 10.6 Å². The fourth-order valence-electron chi connectivity index (χ4n) is 1.57. The molecule has 20 heavy (non-hydrogen) atoms. The molecule has 0 spiro atoms. The first kappa shape index (κ1) is 15.2. The van der Waals surface area contributed by atoms with Crippen molar-refractivity contribution in [1.82, 2.24) is 0 Å². The molecule has 0 heterocycles. The first-order valence-electron chi connectivity index (χ1n) is 5.57. The zero-order valence-electron chi connectivity index (χ0n) is 10.1. The molecule has 0 aliphatic carbocycles. The average Bonchev–Trinajstić information content (AvgIpc) is 2.41. The predicted molar refractivity (Wildman–Crippen MR) is 79.4 cm³/mol. The summed E-state index contributed by atoms with van der Waals surface area (Å²) >= 11 is 12.9. The summed E-state index contributed by atoms with van der Waals surface area (Å²) in [6.45, 7) is 0. The van der Waals surface area contributed by atoms with Crippen LogP contribution < -0.4 is 0 Å². The molecule has 0 aliphatic rings. The van der Waals surface area contributed by atoms with Gasteiger partial charge in [-0.25, -0.2) is 9.18 Å². The van der Waals surface area contributed by atoms with Crippen LogP contribution in [0.1, 0.15) is 15.9 Å². The van der Waals surface area contributed by atoms with Crippen molar-refractivity contribution < 1.29 is 14.3 Å². The summed E-state index contributed by atoms with van der Waals surface area (Å²) in [4.78, 5) is 11.7. The van der Waals surface area contributed by atoms with E-state index in [4.69, 9.17) is 28.3 Å². The molecule has 0 fully saturated rings. The molecule has 0 bridgehead atoms. The largest absolute Gasteiger partial charge is 0.478 e. The first-order chi connectivity index (χ1) is 9.47. The van der Waals surface area contributed by atoms with Gasteiger partial charge in [0.2, 0.25) is 0 Å². The van der Waals surface area contributed by atoms with E-state index in [1.165, 1.54) is 36.0 Å². The van der Waals surface area contributed by atoms with Crippen LogP contribution in [0.15, 0.2) is 41.3 Å². The number of hydrogen-bond acceptors (Lipinski definition) is 2. The van der Waals surface area contributed by atoms with E-state index in [1.54, 1.807) is 12.1 Å². The van der Waals surface area contributed by atoms with Gasteiger partial charge in [-0.3, -0.25) is 0 Å². The minimum atomic E-state index is -1.09. The third-order valence-electron chi connectivity index (χ3n) is 2.57. The Kier molecular flexibility index (Phi) is 4.91. The fraction of sp³-hybridized carbons (Fsp3) is 0.0714. The van der Waals surface area contributed by atoms with E-state index in [1.807, 2.05) is 0 Å². The van der Waals surface area contributed by atoms with Gasteiger partial charge in [-0.05, 0) is 42.0 Å². The molecule has 2 rings (SSSR count). The lowest BCUT2D eigenvalue weighted by Gasteiger charge is -2.06. The third kappa shape index (κ3) is 3.66. The summed E-state index contributed by atoms with van der Waals surface area (Å²) < 4.78 is 13.6. The van der Waals surface area contributed by atoms with E-state index in [0.29, 0.717) is 21.2 Å². The molecule has 0 atom stereocenters. The number of halogens is 3. The molecular weight excluding hydrogens is 322 g/mol. The van der Waals surface area contributed by atoms with Gasteiger partial charge in [0.05, 0.1) is 10.6 Å². The van der Waals surface area contributed by atoms with Gasteiger partial charge in [-0.2, -0.15) is 0 Å². The highest BCUT2D eigenvalue weighted by Gasteiger charge is 2.10. The van der Waals surface area contributed by atoms with Gasteiger partial charge in [0.1, 0.15) is 5.82 Å². The number of carbonyl (C=O) groups is 1. The summed E-state index contributed by atoms with van der Waals surface area (Å²) in [5.74, 6) is -1.08. The number of hydrogen-bond donors (Lipinski definition) is 1. The van der Waals surface area contributed by atoms with Gasteiger partial charge in [-0.1, -0.05) is 23.2 Å². The Balaban J connectivity index is 2.17. The zero-order chi connectivity index (χ0) is 14.7. The Labute approximate surface area is 129 Å². The molecule has 0 radical (unpaired) electrons. The second-order valence-corrected chi connectivity index (χ2v) is 5.86. The Hall–Kier alpha value is -1.23. The van der Waals surface area contributed by atoms with Crippen LogP contribution in [0, 0.1) is 5.82 Å². The lowest BCUT2D eigenvalue weighted by atomic mass is 10.2. The van der Waals surface area contributed by atoms with Crippen molar-refractivity contribution >= 4 is 40.9 Å². The van der Waals surface area contributed by atoms with E-state index in [2.05, 4.69) is 0 Å². The Morgan fingerprint density at radius 1 is 1.20 bits per heavy atom. The third-order valence-corrected chi connectivity index (χ3v) is 4.18. The van der Waals surface area contributed by atoms with Crippen LogP contribution in [-0.2, 0) is 5.75 Å². The second-order valence-electron chi connectivity index (χ2n) is 3.97. The molecule has 2 aromatic rings. The van der Waals surface area contributed by atoms with Crippen molar-refractivity contribution in [3.63, 3.8) is 0 Å². The molecule has 0 unspecified atom stereocenters. The fourth-order valence-corrected chi connectivity index (χ4v) is 2.87. The first-order valence-corrected chi connectivity index (χ1v) is 7.31. The number of thioether (sulfide) groups is 1. The normalized spacial score (nSPS) is 10.6. The molecule has 0 amide bonds. The van der Waals surface area contributed by atoms with E-state index in [-0.39, 0.29) is 16.4 Å². The molecular formula is C14H9Cl2FO2S. The number of aromatic carboxylic acids is 1. The van der Waals surface area contributed by atoms with E-state index in [0.717, 1.165) is 0 Å². The number of benzene rings is 2. The molecule has 1 N–H and O–H groups in total. The van der Waals surface area contributed by atoms with Crippen LogP contribution in [-0.4, -0.2) is 11.1 Å². The van der Waals surface area contributed by atoms with Crippen LogP contribution in [0.4, 0.5) is 4.39 Å². The lowest BCUT2D eigenvalue weighted by Crippen LogP contribution is -1.97. The minimum absolute atomic E-state index is 0.0308. The van der Waals surface area contributed by atoms with Gasteiger partial charge in [-0.15, -0.1) is 11.8 Å². The predicted octanol–water partition coefficient (Wildman–Crippen LogP) is 5.12. The lowest BCUT2D eigenvalue weighted by molar-refractivity contribution is 0.0697. The second kappa shape index (κ2) is 6.48. The van der Waals surface area contributed by atoms with Crippen molar-refractivity contribution in [3.05, 3.63) is 63.4 Å². The maximum Gasteiger partial charge on any atom is 0.337 e. The maximum absolute atomic E-state index is 13.6. The topological polar surface area (TPSA) is 37.3 Å². The van der Waals surface area contributed by atoms with Crippen LogP contribution in [0.3, 0.4) is 0 Å². The molecule has 6 heteroatoms. The molecule has 2 aromatic carbocycles. The van der Waals surface area contributed by atoms with E-state index >= 15 is 0 Å². The maximum atomic E-state index is 13.6. The summed E-state index contributed by atoms with van der Waals surface area (Å²) in [6, 6.07) is 9.03. The molecule has 0 aliphatic heterocycles. The van der Waals surface area contributed by atoms with Crippen LogP contribution >= 0.6 is 35.0 Å².